The number of carbonyl (C=O) groups excluding carboxylic acids is 1. The zero-order valence-electron chi connectivity index (χ0n) is 19.0. The smallest absolute Gasteiger partial charge is 0.319 e. The highest BCUT2D eigenvalue weighted by Gasteiger charge is 2.68. The molecule has 3 fully saturated rings. The van der Waals surface area contributed by atoms with Crippen molar-refractivity contribution in [2.45, 2.75) is 32.8 Å². The second-order valence-corrected chi connectivity index (χ2v) is 9.75. The molecule has 2 amide bonds. The number of fused-ring (bicyclic) bond motifs is 2. The van der Waals surface area contributed by atoms with Crippen molar-refractivity contribution in [1.82, 2.24) is 9.80 Å². The highest BCUT2D eigenvalue weighted by atomic mass is 19.1. The molecule has 3 aliphatic rings. The van der Waals surface area contributed by atoms with Gasteiger partial charge in [0.15, 0.2) is 0 Å². The first-order valence-corrected chi connectivity index (χ1v) is 10.9. The molecule has 2 aliphatic carbocycles. The third kappa shape index (κ3) is 3.10. The normalized spacial score (nSPS) is 30.1. The topological polar surface area (TPSA) is 80.5 Å². The van der Waals surface area contributed by atoms with Gasteiger partial charge in [-0.15, -0.1) is 0 Å². The van der Waals surface area contributed by atoms with Gasteiger partial charge in [-0.05, 0) is 48.0 Å². The predicted octanol–water partition coefficient (Wildman–Crippen LogP) is 4.10. The van der Waals surface area contributed by atoms with Gasteiger partial charge in [-0.25, -0.2) is 13.6 Å². The summed E-state index contributed by atoms with van der Waals surface area (Å²) in [6, 6.07) is 3.46. The quantitative estimate of drug-likeness (QED) is 0.689. The lowest BCUT2D eigenvalue weighted by molar-refractivity contribution is -0.0898. The Morgan fingerprint density at radius 1 is 1.28 bits per heavy atom. The minimum atomic E-state index is -0.788. The maximum Gasteiger partial charge on any atom is 0.319 e. The lowest BCUT2D eigenvalue weighted by atomic mass is 9.64. The third-order valence-electron chi connectivity index (χ3n) is 7.76. The van der Waals surface area contributed by atoms with Gasteiger partial charge < -0.3 is 25.4 Å². The summed E-state index contributed by atoms with van der Waals surface area (Å²) in [5.74, 6) is -1.60. The van der Waals surface area contributed by atoms with Crippen LogP contribution in [0, 0.1) is 39.2 Å². The fraction of sp³-hybridized carbons (Fsp3) is 0.542. The number of nitrogens with one attached hydrogen (secondary N) is 2. The van der Waals surface area contributed by atoms with Gasteiger partial charge in [0, 0.05) is 38.3 Å². The number of halogens is 2. The van der Waals surface area contributed by atoms with Crippen LogP contribution in [0.2, 0.25) is 0 Å². The second-order valence-electron chi connectivity index (χ2n) is 9.75. The molecule has 172 valence electrons. The number of nitrogens with zero attached hydrogens (tertiary/aromatic N) is 2. The number of rotatable bonds is 3. The molecule has 2 N–H and O–H groups in total. The molecule has 4 rings (SSSR count). The maximum absolute atomic E-state index is 14.2. The molecule has 1 aromatic carbocycles. The van der Waals surface area contributed by atoms with Crippen LogP contribution in [0.4, 0.5) is 13.6 Å². The van der Waals surface area contributed by atoms with E-state index in [4.69, 9.17) is 15.6 Å². The van der Waals surface area contributed by atoms with Crippen molar-refractivity contribution in [1.29, 1.82) is 10.8 Å². The summed E-state index contributed by atoms with van der Waals surface area (Å²) in [5.41, 5.74) is -0.605. The van der Waals surface area contributed by atoms with Crippen LogP contribution in [0.25, 0.3) is 0 Å². The molecule has 1 aliphatic heterocycles. The molecule has 32 heavy (non-hydrogen) atoms. The molecule has 0 unspecified atom stereocenters. The summed E-state index contributed by atoms with van der Waals surface area (Å²) < 4.78 is 34.6. The summed E-state index contributed by atoms with van der Waals surface area (Å²) >= 11 is 0. The minimum absolute atomic E-state index is 0.0197. The van der Waals surface area contributed by atoms with Gasteiger partial charge in [-0.3, -0.25) is 0 Å². The largest absolute Gasteiger partial charge is 0.374 e. The van der Waals surface area contributed by atoms with Gasteiger partial charge in [0.25, 0.3) is 0 Å². The van der Waals surface area contributed by atoms with Crippen LogP contribution in [-0.2, 0) is 4.74 Å². The fourth-order valence-electron chi connectivity index (χ4n) is 6.09. The molecule has 0 spiro atoms. The van der Waals surface area contributed by atoms with Gasteiger partial charge in [0.1, 0.15) is 11.6 Å². The molecule has 1 saturated heterocycles. The Kier molecular flexibility index (Phi) is 5.48. The van der Waals surface area contributed by atoms with E-state index in [9.17, 15) is 13.6 Å². The van der Waals surface area contributed by atoms with Crippen molar-refractivity contribution in [2.24, 2.45) is 16.7 Å². The molecule has 1 aromatic rings. The van der Waals surface area contributed by atoms with Crippen LogP contribution in [0.3, 0.4) is 0 Å². The summed E-state index contributed by atoms with van der Waals surface area (Å²) in [7, 11) is 3.43. The van der Waals surface area contributed by atoms with E-state index in [0.29, 0.717) is 31.0 Å². The van der Waals surface area contributed by atoms with Crippen LogP contribution in [-0.4, -0.2) is 67.2 Å². The number of carbonyl (C=O) groups is 1. The molecular formula is C24H30F2N4O2. The van der Waals surface area contributed by atoms with E-state index in [1.165, 1.54) is 17.0 Å². The van der Waals surface area contributed by atoms with Crippen LogP contribution in [0.5, 0.6) is 0 Å². The van der Waals surface area contributed by atoms with Crippen molar-refractivity contribution in [3.05, 3.63) is 47.0 Å². The molecule has 6 nitrogen and oxygen atoms in total. The number of hydrogen-bond acceptors (Lipinski definition) is 4. The average Bonchev–Trinajstić information content (AvgIpc) is 3.09. The summed E-state index contributed by atoms with van der Waals surface area (Å²) in [6.07, 6.45) is 2.66. The highest BCUT2D eigenvalue weighted by Crippen LogP contribution is 2.68. The van der Waals surface area contributed by atoms with Crippen molar-refractivity contribution in [3.63, 3.8) is 0 Å². The first-order valence-electron chi connectivity index (χ1n) is 10.9. The molecule has 8 heteroatoms. The molecular weight excluding hydrogens is 414 g/mol. The van der Waals surface area contributed by atoms with Crippen molar-refractivity contribution < 1.29 is 18.3 Å². The van der Waals surface area contributed by atoms with E-state index >= 15 is 0 Å². The van der Waals surface area contributed by atoms with Crippen molar-refractivity contribution in [2.75, 3.05) is 33.8 Å². The molecule has 2 saturated carbocycles. The van der Waals surface area contributed by atoms with Crippen molar-refractivity contribution in [3.8, 4) is 0 Å². The number of ether oxygens (including phenoxy) is 1. The number of allylic oxidation sites excluding steroid dienone is 2. The lowest BCUT2D eigenvalue weighted by Gasteiger charge is -2.47. The van der Waals surface area contributed by atoms with E-state index in [-0.39, 0.29) is 34.7 Å². The Morgan fingerprint density at radius 3 is 2.56 bits per heavy atom. The first-order chi connectivity index (χ1) is 15.0. The zero-order chi connectivity index (χ0) is 23.4. The first kappa shape index (κ1) is 22.6. The number of morpholine rings is 1. The Hall–Kier alpha value is -2.61. The minimum Gasteiger partial charge on any atom is -0.374 e. The second kappa shape index (κ2) is 7.76. The van der Waals surface area contributed by atoms with Gasteiger partial charge >= 0.3 is 6.03 Å². The van der Waals surface area contributed by atoms with E-state index in [1.54, 1.807) is 19.0 Å². The number of amides is 2. The Morgan fingerprint density at radius 2 is 1.94 bits per heavy atom. The Labute approximate surface area is 187 Å². The molecule has 0 radical (unpaired) electrons. The monoisotopic (exact) mass is 444 g/mol. The summed E-state index contributed by atoms with van der Waals surface area (Å²) in [5, 5.41) is 17.5. The van der Waals surface area contributed by atoms with E-state index in [1.807, 2.05) is 0 Å². The van der Waals surface area contributed by atoms with Crippen LogP contribution >= 0.6 is 0 Å². The maximum atomic E-state index is 14.2. The average molecular weight is 445 g/mol. The van der Waals surface area contributed by atoms with Gasteiger partial charge in [0.2, 0.25) is 0 Å². The van der Waals surface area contributed by atoms with Crippen LogP contribution in [0.15, 0.2) is 29.8 Å². The lowest BCUT2D eigenvalue weighted by Crippen LogP contribution is -2.58. The summed E-state index contributed by atoms with van der Waals surface area (Å²) in [4.78, 5) is 15.9. The number of hydrogen-bond donors (Lipinski definition) is 2. The molecule has 0 aromatic heterocycles. The molecule has 3 atom stereocenters. The zero-order valence-corrected chi connectivity index (χ0v) is 19.0. The Balaban J connectivity index is 1.70. The predicted molar refractivity (Wildman–Crippen MR) is 118 cm³/mol. The van der Waals surface area contributed by atoms with Crippen LogP contribution < -0.4 is 0 Å². The van der Waals surface area contributed by atoms with Gasteiger partial charge in [-0.2, -0.15) is 0 Å². The number of benzene rings is 1. The molecule has 2 bridgehead atoms. The highest BCUT2D eigenvalue weighted by molar-refractivity contribution is 6.15. The van der Waals surface area contributed by atoms with Crippen molar-refractivity contribution >= 4 is 17.5 Å². The fourth-order valence-corrected chi connectivity index (χ4v) is 6.09. The van der Waals surface area contributed by atoms with E-state index < -0.39 is 17.0 Å². The standard InChI is InChI=1S/C24H30F2N4O2/c1-23(2)15-8-9-24(23,19-13-30(10-11-32-19)22(31)29(3)4)21(28)14(15)12-18(27)20-16(25)6-5-7-17(20)26/h5-7,12,15,19,27-28H,8-11,13H2,1-4H3/b14-12-,27-18?,28-21?/t15-,19-,24-/m0/s1. The van der Waals surface area contributed by atoms with Crippen LogP contribution in [0.1, 0.15) is 32.3 Å². The molecule has 1 heterocycles. The van der Waals surface area contributed by atoms with E-state index in [2.05, 4.69) is 13.8 Å². The van der Waals surface area contributed by atoms with E-state index in [0.717, 1.165) is 25.0 Å². The number of urea groups is 1. The summed E-state index contributed by atoms with van der Waals surface area (Å²) in [6.45, 7) is 5.49. The Bertz CT molecular complexity index is 999. The SMILES string of the molecule is CN(C)C(=O)N1CCO[C@H]([C@@]23CC[C@@H](/C(=C/C(=N)c4c(F)cccc4F)C2=N)C3(C)C)C1. The third-order valence-corrected chi connectivity index (χ3v) is 7.76. The van der Waals surface area contributed by atoms with Gasteiger partial charge in [-0.1, -0.05) is 19.9 Å². The van der Waals surface area contributed by atoms with Gasteiger partial charge in [0.05, 0.1) is 24.0 Å².